The third-order valence-corrected chi connectivity index (χ3v) is 5.33. The second kappa shape index (κ2) is 7.18. The lowest BCUT2D eigenvalue weighted by Crippen LogP contribution is -2.23. The highest BCUT2D eigenvalue weighted by Gasteiger charge is 2.14. The van der Waals surface area contributed by atoms with Gasteiger partial charge in [0.05, 0.1) is 5.39 Å². The quantitative estimate of drug-likeness (QED) is 0.496. The van der Waals surface area contributed by atoms with Gasteiger partial charge in [0.25, 0.3) is 0 Å². The van der Waals surface area contributed by atoms with E-state index in [0.717, 1.165) is 53.3 Å². The zero-order valence-electron chi connectivity index (χ0n) is 16.5. The lowest BCUT2D eigenvalue weighted by Gasteiger charge is -2.18. The van der Waals surface area contributed by atoms with Crippen LogP contribution in [0.25, 0.3) is 11.0 Å². The van der Waals surface area contributed by atoms with E-state index < -0.39 is 0 Å². The Hall–Kier alpha value is -3.45. The third-order valence-electron chi connectivity index (χ3n) is 5.33. The zero-order valence-corrected chi connectivity index (χ0v) is 16.5. The average Bonchev–Trinajstić information content (AvgIpc) is 3.04. The zero-order chi connectivity index (χ0) is 19.8. The van der Waals surface area contributed by atoms with Crippen molar-refractivity contribution in [2.75, 3.05) is 17.2 Å². The second-order valence-corrected chi connectivity index (χ2v) is 7.38. The molecule has 7 nitrogen and oxygen atoms in total. The summed E-state index contributed by atoms with van der Waals surface area (Å²) in [5.74, 6) is 1.31. The van der Waals surface area contributed by atoms with Crippen LogP contribution in [0.2, 0.25) is 0 Å². The molecule has 0 amide bonds. The Labute approximate surface area is 169 Å². The van der Waals surface area contributed by atoms with Gasteiger partial charge in [0.2, 0.25) is 5.95 Å². The molecule has 0 fully saturated rings. The van der Waals surface area contributed by atoms with E-state index in [9.17, 15) is 0 Å². The van der Waals surface area contributed by atoms with E-state index in [-0.39, 0.29) is 0 Å². The van der Waals surface area contributed by atoms with E-state index in [4.69, 9.17) is 0 Å². The van der Waals surface area contributed by atoms with E-state index in [0.29, 0.717) is 5.95 Å². The number of benzene rings is 2. The van der Waals surface area contributed by atoms with Crippen LogP contribution in [0, 0.1) is 6.92 Å². The number of rotatable bonds is 4. The van der Waals surface area contributed by atoms with Crippen LogP contribution in [-0.4, -0.2) is 26.3 Å². The van der Waals surface area contributed by atoms with Crippen molar-refractivity contribution >= 4 is 34.2 Å². The molecule has 0 bridgehead atoms. The van der Waals surface area contributed by atoms with Gasteiger partial charge in [0.1, 0.15) is 0 Å². The van der Waals surface area contributed by atoms with Gasteiger partial charge in [-0.25, -0.2) is 9.67 Å². The predicted molar refractivity (Wildman–Crippen MR) is 116 cm³/mol. The summed E-state index contributed by atoms with van der Waals surface area (Å²) in [7, 11) is 1.90. The van der Waals surface area contributed by atoms with Crippen molar-refractivity contribution in [3.8, 4) is 0 Å². The van der Waals surface area contributed by atoms with Crippen LogP contribution in [0.3, 0.4) is 0 Å². The van der Waals surface area contributed by atoms with Gasteiger partial charge in [-0.1, -0.05) is 24.3 Å². The van der Waals surface area contributed by atoms with Crippen molar-refractivity contribution in [2.45, 2.75) is 19.9 Å². The van der Waals surface area contributed by atoms with Gasteiger partial charge in [0.15, 0.2) is 11.5 Å². The summed E-state index contributed by atoms with van der Waals surface area (Å²) in [5.41, 5.74) is 6.69. The lowest BCUT2D eigenvalue weighted by molar-refractivity contribution is 0.644. The highest BCUT2D eigenvalue weighted by molar-refractivity contribution is 5.89. The number of fused-ring (bicyclic) bond motifs is 2. The Bertz CT molecular complexity index is 1200. The van der Waals surface area contributed by atoms with Gasteiger partial charge in [-0.2, -0.15) is 10.1 Å². The van der Waals surface area contributed by atoms with Gasteiger partial charge in [-0.15, -0.1) is 0 Å². The maximum atomic E-state index is 4.69. The Morgan fingerprint density at radius 2 is 1.97 bits per heavy atom. The van der Waals surface area contributed by atoms with Crippen molar-refractivity contribution in [1.29, 1.82) is 0 Å². The first-order valence-corrected chi connectivity index (χ1v) is 9.79. The smallest absolute Gasteiger partial charge is 0.229 e. The monoisotopic (exact) mass is 385 g/mol. The topological polar surface area (TPSA) is 79.7 Å². The van der Waals surface area contributed by atoms with Crippen LogP contribution in [0.5, 0.6) is 0 Å². The molecule has 0 saturated carbocycles. The summed E-state index contributed by atoms with van der Waals surface area (Å²) in [6, 6.07) is 14.6. The maximum absolute atomic E-state index is 4.69. The number of nitrogens with one attached hydrogen (secondary N) is 3. The predicted octanol–water partition coefficient (Wildman–Crippen LogP) is 3.80. The van der Waals surface area contributed by atoms with Gasteiger partial charge in [0, 0.05) is 31.2 Å². The molecule has 0 unspecified atom stereocenters. The van der Waals surface area contributed by atoms with E-state index in [1.54, 1.807) is 4.68 Å². The fraction of sp³-hybridized carbons (Fsp3) is 0.227. The first-order chi connectivity index (χ1) is 14.2. The fourth-order valence-corrected chi connectivity index (χ4v) is 3.72. The molecular formula is C22H23N7. The normalized spacial score (nSPS) is 13.3. The molecule has 2 aromatic heterocycles. The highest BCUT2D eigenvalue weighted by Crippen LogP contribution is 2.27. The SMILES string of the molecule is Cc1ccccc1Nc1nn(C)c2nc(Nc3ccc4c(c3)CNCC4)ncc12. The van der Waals surface area contributed by atoms with E-state index >= 15 is 0 Å². The Morgan fingerprint density at radius 1 is 1.07 bits per heavy atom. The van der Waals surface area contributed by atoms with Gasteiger partial charge >= 0.3 is 0 Å². The molecule has 2 aromatic carbocycles. The standard InChI is InChI=1S/C22H23N7/c1-14-5-3-4-6-19(14)26-20-18-13-24-22(27-21(18)29(2)28-20)25-17-8-7-15-9-10-23-12-16(15)11-17/h3-8,11,13,23H,9-10,12H2,1-2H3,(H,26,28)(H,24,25,27). The number of aromatic nitrogens is 4. The first kappa shape index (κ1) is 17.6. The number of aryl methyl sites for hydroxylation is 2. The lowest BCUT2D eigenvalue weighted by atomic mass is 10.0. The molecule has 4 aromatic rings. The van der Waals surface area contributed by atoms with Crippen LogP contribution in [0.1, 0.15) is 16.7 Å². The number of hydrogen-bond acceptors (Lipinski definition) is 6. The minimum absolute atomic E-state index is 0.562. The van der Waals surface area contributed by atoms with Crippen molar-refractivity contribution < 1.29 is 0 Å². The number of para-hydroxylation sites is 1. The molecular weight excluding hydrogens is 362 g/mol. The molecule has 0 spiro atoms. The third kappa shape index (κ3) is 3.40. The number of anilines is 4. The minimum Gasteiger partial charge on any atom is -0.338 e. The summed E-state index contributed by atoms with van der Waals surface area (Å²) in [5, 5.41) is 15.6. The molecule has 29 heavy (non-hydrogen) atoms. The molecule has 0 saturated heterocycles. The van der Waals surface area contributed by atoms with Crippen molar-refractivity contribution in [3.63, 3.8) is 0 Å². The molecule has 3 N–H and O–H groups in total. The highest BCUT2D eigenvalue weighted by atomic mass is 15.3. The van der Waals surface area contributed by atoms with Crippen LogP contribution in [0.15, 0.2) is 48.7 Å². The summed E-state index contributed by atoms with van der Waals surface area (Å²) < 4.78 is 1.78. The molecule has 3 heterocycles. The van der Waals surface area contributed by atoms with Crippen LogP contribution < -0.4 is 16.0 Å². The maximum Gasteiger partial charge on any atom is 0.229 e. The van der Waals surface area contributed by atoms with Crippen molar-refractivity contribution in [2.24, 2.45) is 7.05 Å². The summed E-state index contributed by atoms with van der Waals surface area (Å²) in [6.45, 7) is 4.01. The molecule has 7 heteroatoms. The fourth-order valence-electron chi connectivity index (χ4n) is 3.72. The van der Waals surface area contributed by atoms with Crippen molar-refractivity contribution in [3.05, 3.63) is 65.4 Å². The molecule has 5 rings (SSSR count). The van der Waals surface area contributed by atoms with E-state index in [2.05, 4.69) is 62.2 Å². The largest absolute Gasteiger partial charge is 0.338 e. The van der Waals surface area contributed by atoms with Gasteiger partial charge < -0.3 is 16.0 Å². The first-order valence-electron chi connectivity index (χ1n) is 9.79. The molecule has 1 aliphatic rings. The summed E-state index contributed by atoms with van der Waals surface area (Å²) >= 11 is 0. The number of nitrogens with zero attached hydrogens (tertiary/aromatic N) is 4. The Morgan fingerprint density at radius 3 is 2.86 bits per heavy atom. The van der Waals surface area contributed by atoms with Gasteiger partial charge in [-0.05, 0) is 54.8 Å². The minimum atomic E-state index is 0.562. The van der Waals surface area contributed by atoms with Crippen LogP contribution >= 0.6 is 0 Å². The number of hydrogen-bond donors (Lipinski definition) is 3. The Kier molecular flexibility index (Phi) is 4.37. The van der Waals surface area contributed by atoms with Crippen LogP contribution in [-0.2, 0) is 20.0 Å². The Balaban J connectivity index is 1.44. The van der Waals surface area contributed by atoms with E-state index in [1.165, 1.54) is 11.1 Å². The van der Waals surface area contributed by atoms with E-state index in [1.807, 2.05) is 31.4 Å². The molecule has 0 aliphatic carbocycles. The molecule has 146 valence electrons. The van der Waals surface area contributed by atoms with Crippen molar-refractivity contribution in [1.82, 2.24) is 25.1 Å². The van der Waals surface area contributed by atoms with Gasteiger partial charge in [-0.3, -0.25) is 0 Å². The van der Waals surface area contributed by atoms with Crippen LogP contribution in [0.4, 0.5) is 23.1 Å². The molecule has 1 aliphatic heterocycles. The average molecular weight is 385 g/mol. The molecule has 0 radical (unpaired) electrons. The summed E-state index contributed by atoms with van der Waals surface area (Å²) in [6.07, 6.45) is 2.89. The molecule has 0 atom stereocenters. The summed E-state index contributed by atoms with van der Waals surface area (Å²) in [4.78, 5) is 9.21. The second-order valence-electron chi connectivity index (χ2n) is 7.38.